The largest absolute Gasteiger partial charge is 0.480 e. The first-order valence-corrected chi connectivity index (χ1v) is 7.13. The molecule has 0 fully saturated rings. The predicted octanol–water partition coefficient (Wildman–Crippen LogP) is 2.44. The lowest BCUT2D eigenvalue weighted by Crippen LogP contribution is -2.37. The smallest absolute Gasteiger partial charge is 0.320 e. The van der Waals surface area contributed by atoms with Crippen molar-refractivity contribution in [1.82, 2.24) is 10.3 Å². The van der Waals surface area contributed by atoms with Crippen LogP contribution in [0.25, 0.3) is 0 Å². The molecule has 1 unspecified atom stereocenters. The van der Waals surface area contributed by atoms with Crippen LogP contribution in [-0.4, -0.2) is 28.6 Å². The number of rotatable bonds is 6. The molecule has 0 aliphatic carbocycles. The van der Waals surface area contributed by atoms with Gasteiger partial charge < -0.3 is 10.4 Å². The third kappa shape index (κ3) is 4.38. The summed E-state index contributed by atoms with van der Waals surface area (Å²) in [6.07, 6.45) is 1.38. The average Bonchev–Trinajstić information content (AvgIpc) is 2.72. The molecule has 1 aromatic rings. The van der Waals surface area contributed by atoms with Gasteiger partial charge in [0.15, 0.2) is 0 Å². The molecule has 0 aliphatic heterocycles. The number of carboxylic acids is 1. The molecule has 0 amide bonds. The van der Waals surface area contributed by atoms with Gasteiger partial charge in [0, 0.05) is 23.8 Å². The molecule has 0 saturated carbocycles. The Balaban J connectivity index is 2.45. The lowest BCUT2D eigenvalue weighted by Gasteiger charge is -2.14. The summed E-state index contributed by atoms with van der Waals surface area (Å²) in [7, 11) is 0. The first-order valence-electron chi connectivity index (χ1n) is 6.25. The normalized spacial score (nSPS) is 13.6. The average molecular weight is 270 g/mol. The first kappa shape index (κ1) is 15.1. The van der Waals surface area contributed by atoms with Gasteiger partial charge in [-0.3, -0.25) is 4.79 Å². The van der Waals surface area contributed by atoms with Crippen molar-refractivity contribution in [2.45, 2.75) is 52.0 Å². The fourth-order valence-corrected chi connectivity index (χ4v) is 2.55. The van der Waals surface area contributed by atoms with E-state index in [1.165, 1.54) is 0 Å². The monoisotopic (exact) mass is 270 g/mol. The molecule has 5 heteroatoms. The summed E-state index contributed by atoms with van der Waals surface area (Å²) >= 11 is 1.65. The van der Waals surface area contributed by atoms with Gasteiger partial charge in [-0.15, -0.1) is 11.3 Å². The van der Waals surface area contributed by atoms with Crippen LogP contribution in [0.3, 0.4) is 0 Å². The molecule has 0 aliphatic rings. The lowest BCUT2D eigenvalue weighted by atomic mass is 9.93. The zero-order chi connectivity index (χ0) is 13.8. The molecule has 0 spiro atoms. The van der Waals surface area contributed by atoms with Crippen molar-refractivity contribution in [3.05, 3.63) is 16.1 Å². The molecule has 0 radical (unpaired) electrons. The van der Waals surface area contributed by atoms with Crippen molar-refractivity contribution >= 4 is 17.3 Å². The number of aliphatic carboxylic acids is 1. The molecule has 0 bridgehead atoms. The molecule has 1 atom stereocenters. The fourth-order valence-electron chi connectivity index (χ4n) is 1.53. The summed E-state index contributed by atoms with van der Waals surface area (Å²) in [6.45, 7) is 8.94. The highest BCUT2D eigenvalue weighted by atomic mass is 32.1. The summed E-state index contributed by atoms with van der Waals surface area (Å²) in [5, 5.41) is 15.1. The van der Waals surface area contributed by atoms with Crippen LogP contribution in [0, 0.1) is 0 Å². The van der Waals surface area contributed by atoms with Crippen molar-refractivity contribution in [1.29, 1.82) is 0 Å². The van der Waals surface area contributed by atoms with Crippen molar-refractivity contribution in [3.8, 4) is 0 Å². The third-order valence-electron chi connectivity index (χ3n) is 2.76. The Morgan fingerprint density at radius 2 is 2.22 bits per heavy atom. The van der Waals surface area contributed by atoms with Gasteiger partial charge in [0.05, 0.1) is 10.7 Å². The standard InChI is InChI=1S/C13H22N2O2S/c1-5-9(12(16)17)14-7-6-11-15-10(8-18-11)13(2,3)4/h8-9,14H,5-7H2,1-4H3,(H,16,17). The zero-order valence-electron chi connectivity index (χ0n) is 11.5. The fraction of sp³-hybridized carbons (Fsp3) is 0.692. The van der Waals surface area contributed by atoms with E-state index in [1.54, 1.807) is 11.3 Å². The maximum Gasteiger partial charge on any atom is 0.320 e. The van der Waals surface area contributed by atoms with Crippen molar-refractivity contribution in [2.75, 3.05) is 6.54 Å². The van der Waals surface area contributed by atoms with E-state index in [4.69, 9.17) is 5.11 Å². The number of nitrogens with one attached hydrogen (secondary N) is 1. The summed E-state index contributed by atoms with van der Waals surface area (Å²) in [6, 6.07) is -0.452. The maximum atomic E-state index is 10.8. The minimum absolute atomic E-state index is 0.0786. The number of carboxylic acid groups (broad SMARTS) is 1. The van der Waals surface area contributed by atoms with E-state index in [1.807, 2.05) is 6.92 Å². The van der Waals surface area contributed by atoms with Crippen LogP contribution in [0.5, 0.6) is 0 Å². The van der Waals surface area contributed by atoms with Gasteiger partial charge in [-0.2, -0.15) is 0 Å². The summed E-state index contributed by atoms with van der Waals surface area (Å²) in [5.74, 6) is -0.785. The van der Waals surface area contributed by atoms with Crippen LogP contribution < -0.4 is 5.32 Å². The van der Waals surface area contributed by atoms with Gasteiger partial charge >= 0.3 is 5.97 Å². The van der Waals surface area contributed by atoms with Gasteiger partial charge in [-0.25, -0.2) is 4.98 Å². The Morgan fingerprint density at radius 3 is 2.67 bits per heavy atom. The summed E-state index contributed by atoms with van der Waals surface area (Å²) < 4.78 is 0. The lowest BCUT2D eigenvalue weighted by molar-refractivity contribution is -0.139. The second-order valence-electron chi connectivity index (χ2n) is 5.38. The Hall–Kier alpha value is -0.940. The number of nitrogens with zero attached hydrogens (tertiary/aromatic N) is 1. The highest BCUT2D eigenvalue weighted by molar-refractivity contribution is 7.09. The molecule has 102 valence electrons. The number of thiazole rings is 1. The van der Waals surface area contributed by atoms with Crippen LogP contribution in [0.4, 0.5) is 0 Å². The van der Waals surface area contributed by atoms with Gasteiger partial charge in [-0.05, 0) is 6.42 Å². The number of hydrogen-bond donors (Lipinski definition) is 2. The van der Waals surface area contributed by atoms with E-state index in [0.29, 0.717) is 13.0 Å². The van der Waals surface area contributed by atoms with Crippen LogP contribution in [-0.2, 0) is 16.6 Å². The second-order valence-corrected chi connectivity index (χ2v) is 6.32. The highest BCUT2D eigenvalue weighted by Gasteiger charge is 2.18. The van der Waals surface area contributed by atoms with E-state index in [9.17, 15) is 4.79 Å². The molecule has 0 saturated heterocycles. The molecule has 4 nitrogen and oxygen atoms in total. The van der Waals surface area contributed by atoms with Crippen LogP contribution in [0.1, 0.15) is 44.8 Å². The zero-order valence-corrected chi connectivity index (χ0v) is 12.3. The molecule has 18 heavy (non-hydrogen) atoms. The van der Waals surface area contributed by atoms with Gasteiger partial charge in [-0.1, -0.05) is 27.7 Å². The van der Waals surface area contributed by atoms with E-state index < -0.39 is 12.0 Å². The number of aromatic nitrogens is 1. The van der Waals surface area contributed by atoms with E-state index in [0.717, 1.165) is 17.1 Å². The van der Waals surface area contributed by atoms with Gasteiger partial charge in [0.1, 0.15) is 6.04 Å². The maximum absolute atomic E-state index is 10.8. The van der Waals surface area contributed by atoms with E-state index in [2.05, 4.69) is 36.5 Å². The molecular weight excluding hydrogens is 248 g/mol. The van der Waals surface area contributed by atoms with Crippen molar-refractivity contribution < 1.29 is 9.90 Å². The van der Waals surface area contributed by atoms with E-state index >= 15 is 0 Å². The topological polar surface area (TPSA) is 62.2 Å². The van der Waals surface area contributed by atoms with Gasteiger partial charge in [0.25, 0.3) is 0 Å². The number of carbonyl (C=O) groups is 1. The summed E-state index contributed by atoms with van der Waals surface area (Å²) in [5.41, 5.74) is 1.18. The Labute approximate surface area is 112 Å². The minimum atomic E-state index is -0.785. The van der Waals surface area contributed by atoms with E-state index in [-0.39, 0.29) is 5.41 Å². The molecule has 1 rings (SSSR count). The third-order valence-corrected chi connectivity index (χ3v) is 3.66. The Bertz CT molecular complexity index is 396. The summed E-state index contributed by atoms with van der Waals surface area (Å²) in [4.78, 5) is 15.4. The Kier molecular flexibility index (Phi) is 5.28. The first-order chi connectivity index (χ1) is 8.34. The van der Waals surface area contributed by atoms with Crippen molar-refractivity contribution in [3.63, 3.8) is 0 Å². The Morgan fingerprint density at radius 1 is 1.56 bits per heavy atom. The van der Waals surface area contributed by atoms with Crippen molar-refractivity contribution in [2.24, 2.45) is 0 Å². The molecule has 0 aromatic carbocycles. The number of hydrogen-bond acceptors (Lipinski definition) is 4. The molecule has 1 heterocycles. The van der Waals surface area contributed by atoms with Crippen LogP contribution >= 0.6 is 11.3 Å². The molecule has 2 N–H and O–H groups in total. The van der Waals surface area contributed by atoms with Crippen LogP contribution in [0.15, 0.2) is 5.38 Å². The van der Waals surface area contributed by atoms with Gasteiger partial charge in [0.2, 0.25) is 0 Å². The predicted molar refractivity (Wildman–Crippen MR) is 74.2 cm³/mol. The minimum Gasteiger partial charge on any atom is -0.480 e. The molecular formula is C13H22N2O2S. The quantitative estimate of drug-likeness (QED) is 0.833. The van der Waals surface area contributed by atoms with Crippen LogP contribution in [0.2, 0.25) is 0 Å². The SMILES string of the molecule is CCC(NCCc1nc(C(C)(C)C)cs1)C(=O)O. The second kappa shape index (κ2) is 6.29. The molecule has 1 aromatic heterocycles. The highest BCUT2D eigenvalue weighted by Crippen LogP contribution is 2.23.